The molecule has 2 rings (SSSR count). The summed E-state index contributed by atoms with van der Waals surface area (Å²) in [6.07, 6.45) is 3.73. The van der Waals surface area contributed by atoms with Gasteiger partial charge in [-0.2, -0.15) is 5.26 Å². The molecule has 0 aromatic carbocycles. The molecule has 0 unspecified atom stereocenters. The van der Waals surface area contributed by atoms with E-state index in [0.29, 0.717) is 29.7 Å². The Morgan fingerprint density at radius 1 is 1.62 bits per heavy atom. The smallest absolute Gasteiger partial charge is 0.146 e. The molecule has 0 aliphatic heterocycles. The SMILES string of the molecule is N#Cc1cc(N)cnc1N(CCO)C1CC1. The lowest BCUT2D eigenvalue weighted by Crippen LogP contribution is -2.30. The van der Waals surface area contributed by atoms with Gasteiger partial charge < -0.3 is 15.7 Å². The van der Waals surface area contributed by atoms with E-state index in [1.54, 1.807) is 12.3 Å². The first-order valence-corrected chi connectivity index (χ1v) is 5.29. The normalized spacial score (nSPS) is 14.5. The summed E-state index contributed by atoms with van der Waals surface area (Å²) in [4.78, 5) is 6.18. The number of rotatable bonds is 4. The van der Waals surface area contributed by atoms with Crippen LogP contribution in [-0.4, -0.2) is 29.3 Å². The minimum absolute atomic E-state index is 0.0629. The number of pyridine rings is 1. The van der Waals surface area contributed by atoms with Gasteiger partial charge in [0, 0.05) is 12.6 Å². The van der Waals surface area contributed by atoms with E-state index in [0.717, 1.165) is 12.8 Å². The van der Waals surface area contributed by atoms with Crippen LogP contribution in [0.5, 0.6) is 0 Å². The van der Waals surface area contributed by atoms with Crippen molar-refractivity contribution in [1.29, 1.82) is 5.26 Å². The highest BCUT2D eigenvalue weighted by Gasteiger charge is 2.30. The molecule has 1 aromatic rings. The van der Waals surface area contributed by atoms with Gasteiger partial charge in [-0.1, -0.05) is 0 Å². The molecule has 0 saturated heterocycles. The second-order valence-corrected chi connectivity index (χ2v) is 3.90. The average molecular weight is 218 g/mol. The van der Waals surface area contributed by atoms with Crippen LogP contribution in [0.1, 0.15) is 18.4 Å². The van der Waals surface area contributed by atoms with Crippen molar-refractivity contribution in [1.82, 2.24) is 4.98 Å². The number of nitrogens with zero attached hydrogens (tertiary/aromatic N) is 3. The van der Waals surface area contributed by atoms with Gasteiger partial charge in [0.2, 0.25) is 0 Å². The number of aromatic nitrogens is 1. The maximum Gasteiger partial charge on any atom is 0.146 e. The van der Waals surface area contributed by atoms with Crippen LogP contribution in [0.2, 0.25) is 0 Å². The third kappa shape index (κ3) is 2.07. The molecule has 1 saturated carbocycles. The molecular weight excluding hydrogens is 204 g/mol. The molecule has 5 nitrogen and oxygen atoms in total. The molecule has 0 radical (unpaired) electrons. The van der Waals surface area contributed by atoms with E-state index < -0.39 is 0 Å². The number of nitrogen functional groups attached to an aromatic ring is 1. The summed E-state index contributed by atoms with van der Waals surface area (Å²) < 4.78 is 0. The van der Waals surface area contributed by atoms with Crippen molar-refractivity contribution in [3.63, 3.8) is 0 Å². The number of anilines is 2. The Labute approximate surface area is 94.1 Å². The van der Waals surface area contributed by atoms with Gasteiger partial charge in [0.05, 0.1) is 24.1 Å². The standard InChI is InChI=1S/C11H14N4O/c12-6-8-5-9(13)7-14-11(8)15(3-4-16)10-1-2-10/h5,7,10,16H,1-4,13H2. The Hall–Kier alpha value is -1.80. The Morgan fingerprint density at radius 3 is 2.94 bits per heavy atom. The predicted molar refractivity (Wildman–Crippen MR) is 60.8 cm³/mol. The first-order chi connectivity index (χ1) is 7.76. The van der Waals surface area contributed by atoms with Gasteiger partial charge in [-0.25, -0.2) is 4.98 Å². The van der Waals surface area contributed by atoms with Crippen LogP contribution in [0.15, 0.2) is 12.3 Å². The number of aliphatic hydroxyl groups is 1. The number of hydrogen-bond donors (Lipinski definition) is 2. The topological polar surface area (TPSA) is 86.2 Å². The van der Waals surface area contributed by atoms with Gasteiger partial charge in [0.15, 0.2) is 0 Å². The third-order valence-corrected chi connectivity index (χ3v) is 2.61. The fourth-order valence-electron chi connectivity index (χ4n) is 1.74. The van der Waals surface area contributed by atoms with E-state index in [-0.39, 0.29) is 6.61 Å². The minimum Gasteiger partial charge on any atom is -0.397 e. The summed E-state index contributed by atoms with van der Waals surface area (Å²) in [7, 11) is 0. The van der Waals surface area contributed by atoms with Crippen LogP contribution in [0.3, 0.4) is 0 Å². The summed E-state index contributed by atoms with van der Waals surface area (Å²) >= 11 is 0. The van der Waals surface area contributed by atoms with Crippen molar-refractivity contribution in [2.45, 2.75) is 18.9 Å². The molecular formula is C11H14N4O. The fraction of sp³-hybridized carbons (Fsp3) is 0.455. The Morgan fingerprint density at radius 2 is 2.38 bits per heavy atom. The zero-order valence-electron chi connectivity index (χ0n) is 8.93. The largest absolute Gasteiger partial charge is 0.397 e. The van der Waals surface area contributed by atoms with Gasteiger partial charge in [-0.05, 0) is 18.9 Å². The van der Waals surface area contributed by atoms with Crippen LogP contribution in [0.4, 0.5) is 11.5 Å². The average Bonchev–Trinajstić information content (AvgIpc) is 3.10. The Bertz CT molecular complexity index is 422. The third-order valence-electron chi connectivity index (χ3n) is 2.61. The van der Waals surface area contributed by atoms with E-state index >= 15 is 0 Å². The first-order valence-electron chi connectivity index (χ1n) is 5.29. The lowest BCUT2D eigenvalue weighted by atomic mass is 10.2. The van der Waals surface area contributed by atoms with Gasteiger partial charge in [0.25, 0.3) is 0 Å². The van der Waals surface area contributed by atoms with Crippen LogP contribution < -0.4 is 10.6 Å². The van der Waals surface area contributed by atoms with E-state index in [1.807, 2.05) is 4.90 Å². The molecule has 0 amide bonds. The summed E-state index contributed by atoms with van der Waals surface area (Å²) in [6, 6.07) is 4.12. The maximum absolute atomic E-state index is 9.03. The molecule has 0 atom stereocenters. The molecule has 16 heavy (non-hydrogen) atoms. The highest BCUT2D eigenvalue weighted by Crippen LogP contribution is 2.32. The molecule has 5 heteroatoms. The van der Waals surface area contributed by atoms with Crippen molar-refractivity contribution in [2.24, 2.45) is 0 Å². The first kappa shape index (κ1) is 10.7. The molecule has 3 N–H and O–H groups in total. The van der Waals surface area contributed by atoms with E-state index in [4.69, 9.17) is 16.1 Å². The second kappa shape index (κ2) is 4.37. The van der Waals surface area contributed by atoms with Crippen LogP contribution in [0.25, 0.3) is 0 Å². The van der Waals surface area contributed by atoms with Gasteiger partial charge >= 0.3 is 0 Å². The lowest BCUT2D eigenvalue weighted by molar-refractivity contribution is 0.301. The van der Waals surface area contributed by atoms with Crippen molar-refractivity contribution < 1.29 is 5.11 Å². The van der Waals surface area contributed by atoms with Crippen LogP contribution >= 0.6 is 0 Å². The predicted octanol–water partition coefficient (Wildman–Crippen LogP) is 0.497. The van der Waals surface area contributed by atoms with Crippen molar-refractivity contribution in [2.75, 3.05) is 23.8 Å². The number of hydrogen-bond acceptors (Lipinski definition) is 5. The molecule has 0 spiro atoms. The maximum atomic E-state index is 9.03. The number of nitrogens with two attached hydrogens (primary N) is 1. The van der Waals surface area contributed by atoms with E-state index in [2.05, 4.69) is 11.1 Å². The Balaban J connectivity index is 2.33. The van der Waals surface area contributed by atoms with Crippen molar-refractivity contribution >= 4 is 11.5 Å². The summed E-state index contributed by atoms with van der Waals surface area (Å²) in [5, 5.41) is 18.0. The molecule has 1 aliphatic carbocycles. The Kier molecular flexibility index (Phi) is 2.93. The fourth-order valence-corrected chi connectivity index (χ4v) is 1.74. The van der Waals surface area contributed by atoms with Crippen molar-refractivity contribution in [3.05, 3.63) is 17.8 Å². The molecule has 1 aliphatic rings. The lowest BCUT2D eigenvalue weighted by Gasteiger charge is -2.23. The zero-order valence-corrected chi connectivity index (χ0v) is 8.93. The van der Waals surface area contributed by atoms with Gasteiger partial charge in [-0.15, -0.1) is 0 Å². The molecule has 1 fully saturated rings. The number of aliphatic hydroxyl groups excluding tert-OH is 1. The van der Waals surface area contributed by atoms with Gasteiger partial charge in [0.1, 0.15) is 11.9 Å². The molecule has 84 valence electrons. The highest BCUT2D eigenvalue weighted by molar-refractivity contribution is 5.59. The summed E-state index contributed by atoms with van der Waals surface area (Å²) in [6.45, 7) is 0.573. The zero-order chi connectivity index (χ0) is 11.5. The highest BCUT2D eigenvalue weighted by atomic mass is 16.3. The molecule has 0 bridgehead atoms. The monoisotopic (exact) mass is 218 g/mol. The van der Waals surface area contributed by atoms with Crippen LogP contribution in [0, 0.1) is 11.3 Å². The summed E-state index contributed by atoms with van der Waals surface area (Å²) in [5.41, 5.74) is 6.55. The quantitative estimate of drug-likeness (QED) is 0.768. The summed E-state index contributed by atoms with van der Waals surface area (Å²) in [5.74, 6) is 0.633. The van der Waals surface area contributed by atoms with Gasteiger partial charge in [-0.3, -0.25) is 0 Å². The van der Waals surface area contributed by atoms with Crippen LogP contribution in [-0.2, 0) is 0 Å². The molecule has 1 aromatic heterocycles. The number of nitriles is 1. The van der Waals surface area contributed by atoms with E-state index in [9.17, 15) is 0 Å². The van der Waals surface area contributed by atoms with Crippen molar-refractivity contribution in [3.8, 4) is 6.07 Å². The molecule has 1 heterocycles. The van der Waals surface area contributed by atoms with E-state index in [1.165, 1.54) is 0 Å². The second-order valence-electron chi connectivity index (χ2n) is 3.90. The minimum atomic E-state index is 0.0629.